The van der Waals surface area contributed by atoms with Gasteiger partial charge in [-0.3, -0.25) is 4.79 Å². The average molecular weight is 296 g/mol. The highest BCUT2D eigenvalue weighted by atomic mass is 79.9. The number of halogens is 1. The van der Waals surface area contributed by atoms with Gasteiger partial charge in [-0.15, -0.1) is 0 Å². The number of aldehydes is 1. The number of anilines is 1. The number of hydrogen-bond acceptors (Lipinski definition) is 2. The minimum Gasteiger partial charge on any atom is -0.369 e. The van der Waals surface area contributed by atoms with Gasteiger partial charge in [-0.2, -0.15) is 0 Å². The summed E-state index contributed by atoms with van der Waals surface area (Å²) in [7, 11) is 0. The molecule has 0 amide bonds. The second kappa shape index (κ2) is 5.67. The lowest BCUT2D eigenvalue weighted by atomic mass is 10.1. The van der Waals surface area contributed by atoms with Crippen molar-refractivity contribution in [3.8, 4) is 0 Å². The van der Waals surface area contributed by atoms with Crippen LogP contribution in [0.4, 0.5) is 5.69 Å². The summed E-state index contributed by atoms with van der Waals surface area (Å²) < 4.78 is 0.890. The molecule has 0 aromatic heterocycles. The number of carbonyl (C=O) groups excluding carboxylic acids is 1. The van der Waals surface area contributed by atoms with Crippen LogP contribution in [0, 0.1) is 0 Å². The van der Waals surface area contributed by atoms with Gasteiger partial charge in [0.25, 0.3) is 0 Å². The van der Waals surface area contributed by atoms with Crippen molar-refractivity contribution in [3.63, 3.8) is 0 Å². The molecule has 0 bridgehead atoms. The Kier molecular flexibility index (Phi) is 4.21. The lowest BCUT2D eigenvalue weighted by Crippen LogP contribution is -2.32. The summed E-state index contributed by atoms with van der Waals surface area (Å²) in [5, 5.41) is 0. The van der Waals surface area contributed by atoms with Gasteiger partial charge >= 0.3 is 0 Å². The molecule has 0 aliphatic heterocycles. The summed E-state index contributed by atoms with van der Waals surface area (Å²) in [6.07, 6.45) is 6.16. The molecule has 1 fully saturated rings. The normalized spacial score (nSPS) is 16.1. The molecule has 0 N–H and O–H groups in total. The van der Waals surface area contributed by atoms with E-state index in [4.69, 9.17) is 0 Å². The molecule has 92 valence electrons. The smallest absolute Gasteiger partial charge is 0.151 e. The van der Waals surface area contributed by atoms with Gasteiger partial charge in [0.2, 0.25) is 0 Å². The third-order valence-electron chi connectivity index (χ3n) is 3.55. The molecule has 0 radical (unpaired) electrons. The summed E-state index contributed by atoms with van der Waals surface area (Å²) >= 11 is 3.46. The van der Waals surface area contributed by atoms with E-state index in [2.05, 4.69) is 39.9 Å². The monoisotopic (exact) mass is 295 g/mol. The fourth-order valence-electron chi connectivity index (χ4n) is 2.66. The van der Waals surface area contributed by atoms with Crippen LogP contribution in [0.15, 0.2) is 22.7 Å². The van der Waals surface area contributed by atoms with Crippen molar-refractivity contribution in [2.45, 2.75) is 38.6 Å². The Morgan fingerprint density at radius 1 is 1.41 bits per heavy atom. The molecule has 0 spiro atoms. The molecule has 3 heteroatoms. The van der Waals surface area contributed by atoms with Crippen molar-refractivity contribution in [1.82, 2.24) is 0 Å². The van der Waals surface area contributed by atoms with Gasteiger partial charge in [0.1, 0.15) is 0 Å². The van der Waals surface area contributed by atoms with Crippen LogP contribution in [-0.4, -0.2) is 18.9 Å². The molecular formula is C14H18BrNO. The van der Waals surface area contributed by atoms with Crippen LogP contribution in [0.25, 0.3) is 0 Å². The largest absolute Gasteiger partial charge is 0.369 e. The first-order chi connectivity index (χ1) is 8.26. The van der Waals surface area contributed by atoms with Gasteiger partial charge in [0, 0.05) is 28.3 Å². The summed E-state index contributed by atoms with van der Waals surface area (Å²) in [6, 6.07) is 6.68. The minimum atomic E-state index is 0.675. The van der Waals surface area contributed by atoms with E-state index in [1.54, 1.807) is 0 Å². The second-order valence-corrected chi connectivity index (χ2v) is 5.40. The Hall–Kier alpha value is -0.830. The van der Waals surface area contributed by atoms with Gasteiger partial charge in [0.05, 0.1) is 0 Å². The minimum absolute atomic E-state index is 0.675. The predicted octanol–water partition coefficient (Wildman–Crippen LogP) is 4.03. The Morgan fingerprint density at radius 2 is 2.12 bits per heavy atom. The topological polar surface area (TPSA) is 20.3 Å². The molecular weight excluding hydrogens is 278 g/mol. The highest BCUT2D eigenvalue weighted by Gasteiger charge is 2.21. The molecule has 0 atom stereocenters. The van der Waals surface area contributed by atoms with E-state index in [1.165, 1.54) is 31.4 Å². The molecule has 2 rings (SSSR count). The molecule has 1 aromatic carbocycles. The molecule has 1 aliphatic rings. The SMILES string of the molecule is CCN(c1ccc(C=O)c(Br)c1)C1CCCC1. The zero-order valence-corrected chi connectivity index (χ0v) is 11.7. The van der Waals surface area contributed by atoms with Crippen LogP contribution in [0.5, 0.6) is 0 Å². The van der Waals surface area contributed by atoms with Gasteiger partial charge in [-0.25, -0.2) is 0 Å². The maximum absolute atomic E-state index is 10.8. The third-order valence-corrected chi connectivity index (χ3v) is 4.24. The zero-order chi connectivity index (χ0) is 12.3. The van der Waals surface area contributed by atoms with E-state index < -0.39 is 0 Å². The van der Waals surface area contributed by atoms with Gasteiger partial charge in [0.15, 0.2) is 6.29 Å². The van der Waals surface area contributed by atoms with Crippen LogP contribution in [0.1, 0.15) is 43.0 Å². The molecule has 17 heavy (non-hydrogen) atoms. The standard InChI is InChI=1S/C14H18BrNO/c1-2-16(12-5-3-4-6-12)13-8-7-11(10-17)14(15)9-13/h7-10,12H,2-6H2,1H3. The van der Waals surface area contributed by atoms with Crippen LogP contribution in [0.3, 0.4) is 0 Å². The fraction of sp³-hybridized carbons (Fsp3) is 0.500. The van der Waals surface area contributed by atoms with Crippen molar-refractivity contribution in [1.29, 1.82) is 0 Å². The van der Waals surface area contributed by atoms with E-state index >= 15 is 0 Å². The zero-order valence-electron chi connectivity index (χ0n) is 10.2. The number of benzene rings is 1. The lowest BCUT2D eigenvalue weighted by Gasteiger charge is -2.30. The van der Waals surface area contributed by atoms with Crippen LogP contribution >= 0.6 is 15.9 Å². The van der Waals surface area contributed by atoms with Crippen molar-refractivity contribution < 1.29 is 4.79 Å². The van der Waals surface area contributed by atoms with Crippen LogP contribution < -0.4 is 4.90 Å². The Labute approximate surface area is 111 Å². The van der Waals surface area contributed by atoms with E-state index in [1.807, 2.05) is 6.07 Å². The molecule has 1 aromatic rings. The van der Waals surface area contributed by atoms with Gasteiger partial charge in [-0.1, -0.05) is 12.8 Å². The van der Waals surface area contributed by atoms with E-state index in [9.17, 15) is 4.79 Å². The molecule has 1 aliphatic carbocycles. The molecule has 0 heterocycles. The predicted molar refractivity (Wildman–Crippen MR) is 74.8 cm³/mol. The van der Waals surface area contributed by atoms with Crippen molar-refractivity contribution in [2.75, 3.05) is 11.4 Å². The number of hydrogen-bond donors (Lipinski definition) is 0. The fourth-order valence-corrected chi connectivity index (χ4v) is 3.12. The summed E-state index contributed by atoms with van der Waals surface area (Å²) in [6.45, 7) is 3.22. The lowest BCUT2D eigenvalue weighted by molar-refractivity contribution is 0.112. The Balaban J connectivity index is 2.24. The van der Waals surface area contributed by atoms with E-state index in [0.29, 0.717) is 6.04 Å². The first kappa shape index (κ1) is 12.6. The molecule has 1 saturated carbocycles. The Morgan fingerprint density at radius 3 is 2.65 bits per heavy atom. The third kappa shape index (κ3) is 2.71. The summed E-state index contributed by atoms with van der Waals surface area (Å²) in [5.41, 5.74) is 1.94. The van der Waals surface area contributed by atoms with E-state index in [-0.39, 0.29) is 0 Å². The number of carbonyl (C=O) groups is 1. The van der Waals surface area contributed by atoms with E-state index in [0.717, 1.165) is 22.9 Å². The van der Waals surface area contributed by atoms with Crippen molar-refractivity contribution in [3.05, 3.63) is 28.2 Å². The Bertz CT molecular complexity index is 399. The highest BCUT2D eigenvalue weighted by Crippen LogP contribution is 2.30. The molecule has 0 saturated heterocycles. The first-order valence-electron chi connectivity index (χ1n) is 6.27. The molecule has 0 unspecified atom stereocenters. The van der Waals surface area contributed by atoms with Gasteiger partial charge in [-0.05, 0) is 53.9 Å². The second-order valence-electron chi connectivity index (χ2n) is 4.55. The van der Waals surface area contributed by atoms with Crippen molar-refractivity contribution in [2.24, 2.45) is 0 Å². The van der Waals surface area contributed by atoms with Crippen LogP contribution in [-0.2, 0) is 0 Å². The first-order valence-corrected chi connectivity index (χ1v) is 7.07. The summed E-state index contributed by atoms with van der Waals surface area (Å²) in [4.78, 5) is 13.2. The maximum atomic E-state index is 10.8. The highest BCUT2D eigenvalue weighted by molar-refractivity contribution is 9.10. The van der Waals surface area contributed by atoms with Crippen molar-refractivity contribution >= 4 is 27.9 Å². The van der Waals surface area contributed by atoms with Gasteiger partial charge < -0.3 is 4.90 Å². The number of rotatable bonds is 4. The number of nitrogens with zero attached hydrogens (tertiary/aromatic N) is 1. The summed E-state index contributed by atoms with van der Waals surface area (Å²) in [5.74, 6) is 0. The maximum Gasteiger partial charge on any atom is 0.151 e. The quantitative estimate of drug-likeness (QED) is 0.782. The van der Waals surface area contributed by atoms with Crippen LogP contribution in [0.2, 0.25) is 0 Å². The molecule has 2 nitrogen and oxygen atoms in total. The average Bonchev–Trinajstić information content (AvgIpc) is 2.84.